The van der Waals surface area contributed by atoms with Crippen LogP contribution in [-0.4, -0.2) is 12.0 Å². The largest absolute Gasteiger partial charge is 0.456 e. The summed E-state index contributed by atoms with van der Waals surface area (Å²) < 4.78 is 6.12. The monoisotopic (exact) mass is 290 g/mol. The number of hydrogen-bond donors (Lipinski definition) is 1. The van der Waals surface area contributed by atoms with Gasteiger partial charge in [0, 0.05) is 35.1 Å². The van der Waals surface area contributed by atoms with Gasteiger partial charge in [-0.05, 0) is 51.1 Å². The highest BCUT2D eigenvalue weighted by Gasteiger charge is 2.11. The number of aromatic nitrogens is 1. The highest BCUT2D eigenvalue weighted by atomic mass is 35.5. The first-order chi connectivity index (χ1) is 9.51. The van der Waals surface area contributed by atoms with Gasteiger partial charge < -0.3 is 10.1 Å². The first kappa shape index (κ1) is 14.8. The molecule has 0 saturated carbocycles. The lowest BCUT2D eigenvalue weighted by Gasteiger charge is -2.15. The van der Waals surface area contributed by atoms with Crippen molar-refractivity contribution in [1.82, 2.24) is 10.3 Å². The Morgan fingerprint density at radius 1 is 1.15 bits per heavy atom. The maximum Gasteiger partial charge on any atom is 0.135 e. The number of pyridine rings is 1. The lowest BCUT2D eigenvalue weighted by atomic mass is 10.1. The number of nitrogens with zero attached hydrogens (tertiary/aromatic N) is 1. The van der Waals surface area contributed by atoms with Crippen LogP contribution >= 0.6 is 11.6 Å². The summed E-state index contributed by atoms with van der Waals surface area (Å²) in [7, 11) is 1.91. The van der Waals surface area contributed by atoms with Gasteiger partial charge in [0.1, 0.15) is 11.5 Å². The van der Waals surface area contributed by atoms with Crippen molar-refractivity contribution < 1.29 is 4.74 Å². The van der Waals surface area contributed by atoms with E-state index in [1.165, 1.54) is 0 Å². The molecule has 0 aliphatic rings. The number of hydrogen-bond acceptors (Lipinski definition) is 3. The van der Waals surface area contributed by atoms with E-state index in [0.29, 0.717) is 6.54 Å². The van der Waals surface area contributed by atoms with Gasteiger partial charge in [0.05, 0.1) is 0 Å². The lowest BCUT2D eigenvalue weighted by molar-refractivity contribution is 0.465. The normalized spacial score (nSPS) is 10.7. The SMILES string of the molecule is CNCc1cnc(C)cc1Oc1c(C)cc(Cl)cc1C. The van der Waals surface area contributed by atoms with Crippen molar-refractivity contribution in [1.29, 1.82) is 0 Å². The molecular formula is C16H19ClN2O. The summed E-state index contributed by atoms with van der Waals surface area (Å²) in [5, 5.41) is 3.86. The van der Waals surface area contributed by atoms with Gasteiger partial charge in [-0.1, -0.05) is 11.6 Å². The molecule has 2 aromatic rings. The molecule has 1 aromatic heterocycles. The molecule has 0 fully saturated rings. The third kappa shape index (κ3) is 3.30. The predicted octanol–water partition coefficient (Wildman–Crippen LogP) is 4.17. The molecule has 0 amide bonds. The Labute approximate surface area is 124 Å². The third-order valence-corrected chi connectivity index (χ3v) is 3.30. The molecule has 0 radical (unpaired) electrons. The van der Waals surface area contributed by atoms with Crippen molar-refractivity contribution in [3.8, 4) is 11.5 Å². The van der Waals surface area contributed by atoms with Crippen molar-refractivity contribution in [3.63, 3.8) is 0 Å². The van der Waals surface area contributed by atoms with E-state index in [1.807, 2.05) is 52.2 Å². The van der Waals surface area contributed by atoms with E-state index in [4.69, 9.17) is 16.3 Å². The minimum atomic E-state index is 0.717. The molecular weight excluding hydrogens is 272 g/mol. The zero-order chi connectivity index (χ0) is 14.7. The standard InChI is InChI=1S/C16H19ClN2O/c1-10-5-14(17)6-11(2)16(10)20-15-7-12(3)19-9-13(15)8-18-4/h5-7,9,18H,8H2,1-4H3. The fourth-order valence-electron chi connectivity index (χ4n) is 2.15. The van der Waals surface area contributed by atoms with Gasteiger partial charge >= 0.3 is 0 Å². The number of halogens is 1. The molecule has 0 spiro atoms. The lowest BCUT2D eigenvalue weighted by Crippen LogP contribution is -2.07. The van der Waals surface area contributed by atoms with E-state index in [0.717, 1.165) is 38.9 Å². The number of ether oxygens (including phenoxy) is 1. The smallest absolute Gasteiger partial charge is 0.135 e. The second-order valence-electron chi connectivity index (χ2n) is 4.93. The van der Waals surface area contributed by atoms with Crippen LogP contribution in [0.2, 0.25) is 5.02 Å². The van der Waals surface area contributed by atoms with E-state index >= 15 is 0 Å². The van der Waals surface area contributed by atoms with Crippen molar-refractivity contribution in [2.24, 2.45) is 0 Å². The summed E-state index contributed by atoms with van der Waals surface area (Å²) in [6.45, 7) is 6.67. The molecule has 0 bridgehead atoms. The topological polar surface area (TPSA) is 34.2 Å². The Hall–Kier alpha value is -1.58. The quantitative estimate of drug-likeness (QED) is 0.917. The van der Waals surface area contributed by atoms with Crippen LogP contribution in [0.1, 0.15) is 22.4 Å². The van der Waals surface area contributed by atoms with E-state index in [9.17, 15) is 0 Å². The van der Waals surface area contributed by atoms with Gasteiger partial charge in [-0.2, -0.15) is 0 Å². The Balaban J connectivity index is 2.41. The summed E-state index contributed by atoms with van der Waals surface area (Å²) in [5.74, 6) is 1.69. The second-order valence-corrected chi connectivity index (χ2v) is 5.37. The highest BCUT2D eigenvalue weighted by Crippen LogP contribution is 2.33. The first-order valence-electron chi connectivity index (χ1n) is 6.56. The molecule has 0 aliphatic heterocycles. The third-order valence-electron chi connectivity index (χ3n) is 3.08. The summed E-state index contributed by atoms with van der Waals surface area (Å²) in [6, 6.07) is 5.78. The van der Waals surface area contributed by atoms with Crippen LogP contribution in [0.5, 0.6) is 11.5 Å². The van der Waals surface area contributed by atoms with Crippen molar-refractivity contribution in [3.05, 3.63) is 51.8 Å². The zero-order valence-electron chi connectivity index (χ0n) is 12.2. The van der Waals surface area contributed by atoms with Crippen molar-refractivity contribution in [2.45, 2.75) is 27.3 Å². The van der Waals surface area contributed by atoms with Crippen LogP contribution in [-0.2, 0) is 6.54 Å². The fraction of sp³-hybridized carbons (Fsp3) is 0.312. The summed E-state index contributed by atoms with van der Waals surface area (Å²) in [5.41, 5.74) is 4.02. The maximum atomic E-state index is 6.12. The number of nitrogens with one attached hydrogen (secondary N) is 1. The number of aryl methyl sites for hydroxylation is 3. The molecule has 0 saturated heterocycles. The summed E-state index contributed by atoms with van der Waals surface area (Å²) in [6.07, 6.45) is 1.85. The molecule has 0 atom stereocenters. The van der Waals surface area contributed by atoms with Gasteiger partial charge in [0.25, 0.3) is 0 Å². The van der Waals surface area contributed by atoms with E-state index in [-0.39, 0.29) is 0 Å². The Bertz CT molecular complexity index is 603. The Morgan fingerprint density at radius 3 is 2.40 bits per heavy atom. The minimum absolute atomic E-state index is 0.717. The molecule has 4 heteroatoms. The summed E-state index contributed by atoms with van der Waals surface area (Å²) in [4.78, 5) is 4.32. The summed E-state index contributed by atoms with van der Waals surface area (Å²) >= 11 is 6.06. The second kappa shape index (κ2) is 6.25. The van der Waals surface area contributed by atoms with Crippen LogP contribution in [0.15, 0.2) is 24.4 Å². The Morgan fingerprint density at radius 2 is 1.80 bits per heavy atom. The van der Waals surface area contributed by atoms with Crippen molar-refractivity contribution in [2.75, 3.05) is 7.05 Å². The van der Waals surface area contributed by atoms with E-state index in [2.05, 4.69) is 10.3 Å². The molecule has 0 unspecified atom stereocenters. The molecule has 1 N–H and O–H groups in total. The zero-order valence-corrected chi connectivity index (χ0v) is 13.0. The van der Waals surface area contributed by atoms with Crippen LogP contribution in [0.3, 0.4) is 0 Å². The predicted molar refractivity (Wildman–Crippen MR) is 82.7 cm³/mol. The molecule has 0 aliphatic carbocycles. The van der Waals surface area contributed by atoms with Crippen LogP contribution < -0.4 is 10.1 Å². The van der Waals surface area contributed by atoms with Crippen molar-refractivity contribution >= 4 is 11.6 Å². The maximum absolute atomic E-state index is 6.12. The number of rotatable bonds is 4. The van der Waals surface area contributed by atoms with Crippen LogP contribution in [0.25, 0.3) is 0 Å². The van der Waals surface area contributed by atoms with Gasteiger partial charge in [-0.3, -0.25) is 4.98 Å². The molecule has 3 nitrogen and oxygen atoms in total. The van der Waals surface area contributed by atoms with Gasteiger partial charge in [-0.15, -0.1) is 0 Å². The van der Waals surface area contributed by atoms with Gasteiger partial charge in [0.15, 0.2) is 0 Å². The molecule has 106 valence electrons. The van der Waals surface area contributed by atoms with Crippen LogP contribution in [0, 0.1) is 20.8 Å². The van der Waals surface area contributed by atoms with Crippen LogP contribution in [0.4, 0.5) is 0 Å². The van der Waals surface area contributed by atoms with Gasteiger partial charge in [-0.25, -0.2) is 0 Å². The van der Waals surface area contributed by atoms with E-state index < -0.39 is 0 Å². The average molecular weight is 291 g/mol. The highest BCUT2D eigenvalue weighted by molar-refractivity contribution is 6.30. The molecule has 2 rings (SSSR count). The molecule has 1 aromatic carbocycles. The molecule has 1 heterocycles. The fourth-order valence-corrected chi connectivity index (χ4v) is 2.48. The van der Waals surface area contributed by atoms with E-state index in [1.54, 1.807) is 0 Å². The average Bonchev–Trinajstić information content (AvgIpc) is 2.37. The minimum Gasteiger partial charge on any atom is -0.456 e. The van der Waals surface area contributed by atoms with Gasteiger partial charge in [0.2, 0.25) is 0 Å². The number of benzene rings is 1. The Kier molecular flexibility index (Phi) is 4.63. The first-order valence-corrected chi connectivity index (χ1v) is 6.93. The molecule has 20 heavy (non-hydrogen) atoms.